The number of rotatable bonds is 4. The van der Waals surface area contributed by atoms with Crippen LogP contribution in [0, 0.1) is 12.8 Å². The van der Waals surface area contributed by atoms with Crippen LogP contribution in [0.15, 0.2) is 29.0 Å². The lowest BCUT2D eigenvalue weighted by atomic mass is 9.73. The van der Waals surface area contributed by atoms with Gasteiger partial charge in [-0.2, -0.15) is 4.98 Å². The van der Waals surface area contributed by atoms with E-state index in [0.29, 0.717) is 43.5 Å². The molecule has 0 unspecified atom stereocenters. The highest BCUT2D eigenvalue weighted by atomic mass is 16.5. The lowest BCUT2D eigenvalue weighted by molar-refractivity contribution is -0.131. The lowest BCUT2D eigenvalue weighted by Crippen LogP contribution is -2.53. The van der Waals surface area contributed by atoms with Gasteiger partial charge in [0.05, 0.1) is 17.6 Å². The number of carbonyl (C=O) groups excluding carboxylic acids is 2. The van der Waals surface area contributed by atoms with Crippen LogP contribution < -0.4 is 0 Å². The van der Waals surface area contributed by atoms with Crippen molar-refractivity contribution in [1.82, 2.24) is 24.9 Å². The standard InChI is InChI=1S/C19H23N5O4/c1-13-21-18(28-22-13)19-11-23(17(27)14-3-2-6-20-9-14)7-4-15(19)10-24(12-19)16(26)5-8-25/h2-3,6,9,15,25H,4-5,7-8,10-12H2,1H3/t15-,19-/m0/s1. The van der Waals surface area contributed by atoms with E-state index in [4.69, 9.17) is 9.63 Å². The predicted octanol–water partition coefficient (Wildman–Crippen LogP) is 0.398. The van der Waals surface area contributed by atoms with Crippen LogP contribution in [0.4, 0.5) is 0 Å². The van der Waals surface area contributed by atoms with Gasteiger partial charge in [0.25, 0.3) is 5.91 Å². The summed E-state index contributed by atoms with van der Waals surface area (Å²) in [4.78, 5) is 37.4. The van der Waals surface area contributed by atoms with Crippen molar-refractivity contribution in [1.29, 1.82) is 0 Å². The van der Waals surface area contributed by atoms with Crippen LogP contribution in [-0.2, 0) is 10.2 Å². The highest BCUT2D eigenvalue weighted by Gasteiger charge is 2.56. The largest absolute Gasteiger partial charge is 0.396 e. The Kier molecular flexibility index (Phi) is 4.84. The second-order valence-corrected chi connectivity index (χ2v) is 7.50. The number of aryl methyl sites for hydroxylation is 1. The van der Waals surface area contributed by atoms with Crippen LogP contribution in [0.25, 0.3) is 0 Å². The summed E-state index contributed by atoms with van der Waals surface area (Å²) in [7, 11) is 0. The molecule has 0 bridgehead atoms. The fourth-order valence-electron chi connectivity index (χ4n) is 4.35. The van der Waals surface area contributed by atoms with Crippen molar-refractivity contribution in [3.05, 3.63) is 41.8 Å². The van der Waals surface area contributed by atoms with Crippen LogP contribution in [0.3, 0.4) is 0 Å². The fourth-order valence-corrected chi connectivity index (χ4v) is 4.35. The SMILES string of the molecule is Cc1noc([C@@]23CN(C(=O)CCO)C[C@@H]2CCN(C(=O)c2cccnc2)C3)n1. The zero-order chi connectivity index (χ0) is 19.7. The number of amides is 2. The van der Waals surface area contributed by atoms with E-state index in [-0.39, 0.29) is 30.8 Å². The quantitative estimate of drug-likeness (QED) is 0.810. The summed E-state index contributed by atoms with van der Waals surface area (Å²) in [6, 6.07) is 3.48. The molecule has 1 N–H and O–H groups in total. The van der Waals surface area contributed by atoms with E-state index < -0.39 is 5.41 Å². The molecule has 4 rings (SSSR count). The minimum atomic E-state index is -0.595. The third-order valence-corrected chi connectivity index (χ3v) is 5.74. The molecular formula is C19H23N5O4. The number of nitrogens with zero attached hydrogens (tertiary/aromatic N) is 5. The number of aliphatic hydroxyl groups is 1. The Morgan fingerprint density at radius 2 is 2.18 bits per heavy atom. The molecule has 0 spiro atoms. The van der Waals surface area contributed by atoms with E-state index in [9.17, 15) is 9.59 Å². The summed E-state index contributed by atoms with van der Waals surface area (Å²) >= 11 is 0. The minimum Gasteiger partial charge on any atom is -0.396 e. The van der Waals surface area contributed by atoms with Gasteiger partial charge in [0.15, 0.2) is 5.82 Å². The number of piperidine rings is 1. The van der Waals surface area contributed by atoms with Crippen molar-refractivity contribution in [2.45, 2.75) is 25.2 Å². The predicted molar refractivity (Wildman–Crippen MR) is 97.2 cm³/mol. The molecule has 2 atom stereocenters. The Morgan fingerprint density at radius 3 is 2.86 bits per heavy atom. The maximum absolute atomic E-state index is 13.0. The van der Waals surface area contributed by atoms with Crippen LogP contribution >= 0.6 is 0 Å². The zero-order valence-corrected chi connectivity index (χ0v) is 15.7. The maximum atomic E-state index is 13.0. The molecule has 4 heterocycles. The number of fused-ring (bicyclic) bond motifs is 1. The summed E-state index contributed by atoms with van der Waals surface area (Å²) in [5.74, 6) is 0.921. The van der Waals surface area contributed by atoms with Gasteiger partial charge in [-0.15, -0.1) is 0 Å². The second kappa shape index (κ2) is 7.31. The van der Waals surface area contributed by atoms with Gasteiger partial charge < -0.3 is 19.4 Å². The topological polar surface area (TPSA) is 113 Å². The number of aromatic nitrogens is 3. The van der Waals surface area contributed by atoms with Gasteiger partial charge in [-0.25, -0.2) is 0 Å². The molecule has 2 aliphatic heterocycles. The molecule has 0 aromatic carbocycles. The average Bonchev–Trinajstić information content (AvgIpc) is 3.32. The molecule has 2 saturated heterocycles. The number of likely N-dealkylation sites (tertiary alicyclic amines) is 2. The second-order valence-electron chi connectivity index (χ2n) is 7.50. The molecule has 0 aliphatic carbocycles. The number of carbonyl (C=O) groups is 2. The van der Waals surface area contributed by atoms with Crippen molar-refractivity contribution in [3.63, 3.8) is 0 Å². The Bertz CT molecular complexity index is 870. The summed E-state index contributed by atoms with van der Waals surface area (Å²) in [6.45, 7) is 3.53. The Balaban J connectivity index is 1.65. The molecule has 2 fully saturated rings. The van der Waals surface area contributed by atoms with Crippen LogP contribution in [0.5, 0.6) is 0 Å². The van der Waals surface area contributed by atoms with Crippen molar-refractivity contribution >= 4 is 11.8 Å². The minimum absolute atomic E-state index is 0.0873. The molecule has 0 saturated carbocycles. The van der Waals surface area contributed by atoms with E-state index in [1.54, 1.807) is 41.2 Å². The summed E-state index contributed by atoms with van der Waals surface area (Å²) in [6.07, 6.45) is 4.01. The van der Waals surface area contributed by atoms with Crippen molar-refractivity contribution in [2.75, 3.05) is 32.8 Å². The molecule has 9 heteroatoms. The number of pyridine rings is 1. The summed E-state index contributed by atoms with van der Waals surface area (Å²) in [5.41, 5.74) is -0.0632. The number of hydrogen-bond acceptors (Lipinski definition) is 7. The number of aliphatic hydroxyl groups excluding tert-OH is 1. The fraction of sp³-hybridized carbons (Fsp3) is 0.526. The molecule has 2 aromatic heterocycles. The Morgan fingerprint density at radius 1 is 1.36 bits per heavy atom. The van der Waals surface area contributed by atoms with E-state index >= 15 is 0 Å². The first-order valence-electron chi connectivity index (χ1n) is 9.42. The average molecular weight is 385 g/mol. The molecule has 2 amide bonds. The Labute approximate surface area is 162 Å². The molecular weight excluding hydrogens is 362 g/mol. The first kappa shape index (κ1) is 18.5. The molecule has 2 aliphatic rings. The normalized spacial score (nSPS) is 24.3. The van der Waals surface area contributed by atoms with E-state index in [2.05, 4.69) is 15.1 Å². The van der Waals surface area contributed by atoms with Gasteiger partial charge in [-0.1, -0.05) is 5.16 Å². The Hall–Kier alpha value is -2.81. The highest BCUT2D eigenvalue weighted by Crippen LogP contribution is 2.44. The van der Waals surface area contributed by atoms with E-state index in [0.717, 1.165) is 6.42 Å². The first-order chi connectivity index (χ1) is 13.5. The third kappa shape index (κ3) is 3.15. The van der Waals surface area contributed by atoms with Crippen molar-refractivity contribution in [3.8, 4) is 0 Å². The third-order valence-electron chi connectivity index (χ3n) is 5.74. The molecule has 2 aromatic rings. The van der Waals surface area contributed by atoms with Gasteiger partial charge in [-0.05, 0) is 31.4 Å². The zero-order valence-electron chi connectivity index (χ0n) is 15.7. The smallest absolute Gasteiger partial charge is 0.255 e. The van der Waals surface area contributed by atoms with Crippen LogP contribution in [-0.4, -0.2) is 74.6 Å². The first-order valence-corrected chi connectivity index (χ1v) is 9.42. The summed E-state index contributed by atoms with van der Waals surface area (Å²) < 4.78 is 5.53. The van der Waals surface area contributed by atoms with Gasteiger partial charge in [-0.3, -0.25) is 14.6 Å². The maximum Gasteiger partial charge on any atom is 0.255 e. The van der Waals surface area contributed by atoms with Crippen molar-refractivity contribution < 1.29 is 19.2 Å². The van der Waals surface area contributed by atoms with Gasteiger partial charge in [0.2, 0.25) is 11.8 Å². The number of hydrogen-bond donors (Lipinski definition) is 1. The molecule has 0 radical (unpaired) electrons. The van der Waals surface area contributed by atoms with Crippen LogP contribution in [0.2, 0.25) is 0 Å². The van der Waals surface area contributed by atoms with Gasteiger partial charge >= 0.3 is 0 Å². The van der Waals surface area contributed by atoms with Gasteiger partial charge in [0.1, 0.15) is 0 Å². The molecule has 9 nitrogen and oxygen atoms in total. The lowest BCUT2D eigenvalue weighted by Gasteiger charge is -2.41. The highest BCUT2D eigenvalue weighted by molar-refractivity contribution is 5.94. The molecule has 28 heavy (non-hydrogen) atoms. The summed E-state index contributed by atoms with van der Waals surface area (Å²) in [5, 5.41) is 13.1. The van der Waals surface area contributed by atoms with E-state index in [1.807, 2.05) is 0 Å². The van der Waals surface area contributed by atoms with Crippen LogP contribution in [0.1, 0.15) is 34.9 Å². The van der Waals surface area contributed by atoms with Crippen molar-refractivity contribution in [2.24, 2.45) is 5.92 Å². The van der Waals surface area contributed by atoms with Gasteiger partial charge in [0, 0.05) is 45.0 Å². The monoisotopic (exact) mass is 385 g/mol. The molecule has 148 valence electrons. The van der Waals surface area contributed by atoms with E-state index in [1.165, 1.54) is 0 Å².